The van der Waals surface area contributed by atoms with E-state index in [2.05, 4.69) is 36.1 Å². The van der Waals surface area contributed by atoms with Gasteiger partial charge in [-0.05, 0) is 23.8 Å². The van der Waals surface area contributed by atoms with Crippen molar-refractivity contribution in [2.75, 3.05) is 44.9 Å². The molecule has 1 aliphatic heterocycles. The number of anilines is 1. The molecule has 10 heteroatoms. The van der Waals surface area contributed by atoms with Gasteiger partial charge < -0.3 is 24.1 Å². The third kappa shape index (κ3) is 5.92. The van der Waals surface area contributed by atoms with Crippen molar-refractivity contribution >= 4 is 28.8 Å². The summed E-state index contributed by atoms with van der Waals surface area (Å²) >= 11 is 0. The molecule has 10 nitrogen and oxygen atoms in total. The lowest BCUT2D eigenvalue weighted by atomic mass is 10.1. The smallest absolute Gasteiger partial charge is 0.320 e. The first kappa shape index (κ1) is 24.4. The first-order valence-corrected chi connectivity index (χ1v) is 12.1. The summed E-state index contributed by atoms with van der Waals surface area (Å²) in [7, 11) is 1.54. The van der Waals surface area contributed by atoms with Gasteiger partial charge in [0.05, 0.1) is 39.0 Å². The van der Waals surface area contributed by atoms with Crippen molar-refractivity contribution in [2.45, 2.75) is 13.0 Å². The predicted octanol–water partition coefficient (Wildman–Crippen LogP) is 4.52. The molecule has 1 saturated heterocycles. The predicted molar refractivity (Wildman–Crippen MR) is 139 cm³/mol. The number of para-hydroxylation sites is 1. The summed E-state index contributed by atoms with van der Waals surface area (Å²) in [4.78, 5) is 25.6. The molecule has 4 aromatic rings. The summed E-state index contributed by atoms with van der Waals surface area (Å²) in [5.41, 5.74) is 3.62. The zero-order valence-corrected chi connectivity index (χ0v) is 20.6. The van der Waals surface area contributed by atoms with Gasteiger partial charge in [-0.15, -0.1) is 5.11 Å². The van der Waals surface area contributed by atoms with Crippen LogP contribution in [-0.2, 0) is 17.7 Å². The molecule has 0 bridgehead atoms. The molecule has 2 aromatic heterocycles. The van der Waals surface area contributed by atoms with Crippen molar-refractivity contribution in [3.63, 3.8) is 0 Å². The Hall–Kier alpha value is -4.31. The summed E-state index contributed by atoms with van der Waals surface area (Å²) < 4.78 is 16.7. The number of H-pyrrole nitrogens is 1. The summed E-state index contributed by atoms with van der Waals surface area (Å²) in [6.07, 6.45) is 3.32. The van der Waals surface area contributed by atoms with Crippen LogP contribution in [0.1, 0.15) is 21.5 Å². The maximum atomic E-state index is 11.1. The van der Waals surface area contributed by atoms with Crippen LogP contribution in [0.3, 0.4) is 0 Å². The van der Waals surface area contributed by atoms with Crippen LogP contribution in [0.2, 0.25) is 0 Å². The lowest BCUT2D eigenvalue weighted by molar-refractivity contribution is 0.112. The number of carbonyl (C=O) groups excluding carboxylic acids is 1. The quantitative estimate of drug-likeness (QED) is 0.251. The minimum absolute atomic E-state index is 0.238. The Morgan fingerprint density at radius 3 is 2.84 bits per heavy atom. The van der Waals surface area contributed by atoms with E-state index in [4.69, 9.17) is 14.2 Å². The number of aromatic nitrogens is 3. The van der Waals surface area contributed by atoms with Crippen molar-refractivity contribution in [1.82, 2.24) is 15.0 Å². The third-order valence-corrected chi connectivity index (χ3v) is 6.15. The van der Waals surface area contributed by atoms with Gasteiger partial charge in [0, 0.05) is 48.2 Å². The van der Waals surface area contributed by atoms with Gasteiger partial charge in [0.2, 0.25) is 0 Å². The number of hydrogen-bond donors (Lipinski definition) is 1. The normalized spacial score (nSPS) is 13.8. The third-order valence-electron chi connectivity index (χ3n) is 6.15. The number of morpholine rings is 1. The largest absolute Gasteiger partial charge is 0.496 e. The molecule has 1 aliphatic rings. The van der Waals surface area contributed by atoms with Crippen molar-refractivity contribution in [1.29, 1.82) is 0 Å². The van der Waals surface area contributed by atoms with Crippen molar-refractivity contribution in [3.8, 4) is 11.8 Å². The molecule has 1 N–H and O–H groups in total. The summed E-state index contributed by atoms with van der Waals surface area (Å²) in [6, 6.07) is 15.6. The fourth-order valence-corrected chi connectivity index (χ4v) is 4.19. The molecule has 1 fully saturated rings. The number of aldehydes is 1. The van der Waals surface area contributed by atoms with Gasteiger partial charge in [0.1, 0.15) is 11.6 Å². The molecule has 0 saturated carbocycles. The number of aromatic amines is 1. The van der Waals surface area contributed by atoms with Crippen molar-refractivity contribution in [3.05, 3.63) is 71.4 Å². The van der Waals surface area contributed by atoms with Gasteiger partial charge in [-0.3, -0.25) is 4.79 Å². The van der Waals surface area contributed by atoms with Crippen LogP contribution < -0.4 is 14.4 Å². The minimum Gasteiger partial charge on any atom is -0.496 e. The average Bonchev–Trinajstić information content (AvgIpc) is 3.36. The van der Waals surface area contributed by atoms with Crippen LogP contribution in [0.4, 0.5) is 11.6 Å². The van der Waals surface area contributed by atoms with Gasteiger partial charge in [-0.25, -0.2) is 0 Å². The Labute approximate surface area is 214 Å². The lowest BCUT2D eigenvalue weighted by Gasteiger charge is -2.27. The van der Waals surface area contributed by atoms with Gasteiger partial charge >= 0.3 is 6.01 Å². The Morgan fingerprint density at radius 2 is 2.00 bits per heavy atom. The fourth-order valence-electron chi connectivity index (χ4n) is 4.19. The molecule has 0 amide bonds. The van der Waals surface area contributed by atoms with Crippen LogP contribution in [0.15, 0.2) is 65.0 Å². The van der Waals surface area contributed by atoms with Gasteiger partial charge in [0.25, 0.3) is 0 Å². The number of nitrogens with zero attached hydrogens (tertiary/aromatic N) is 5. The van der Waals surface area contributed by atoms with E-state index in [1.807, 2.05) is 42.6 Å². The van der Waals surface area contributed by atoms with E-state index in [0.717, 1.165) is 47.2 Å². The Balaban J connectivity index is 1.30. The minimum atomic E-state index is 0.238. The number of ether oxygens (including phenoxy) is 3. The molecule has 190 valence electrons. The molecule has 5 rings (SSSR count). The SMILES string of the molecule is COc1cc(CCOc2nc(N=NCc3c[nH]c4ccccc34)cc(N3CCOCC3)n2)ccc1C=O. The number of nitrogens with one attached hydrogen (secondary N) is 1. The topological polar surface area (TPSA) is 114 Å². The number of fused-ring (bicyclic) bond motifs is 1. The highest BCUT2D eigenvalue weighted by atomic mass is 16.5. The van der Waals surface area contributed by atoms with E-state index >= 15 is 0 Å². The van der Waals surface area contributed by atoms with Crippen molar-refractivity contribution in [2.24, 2.45) is 10.2 Å². The highest BCUT2D eigenvalue weighted by molar-refractivity contribution is 5.83. The lowest BCUT2D eigenvalue weighted by Crippen LogP contribution is -2.36. The number of methoxy groups -OCH3 is 1. The van der Waals surface area contributed by atoms with Gasteiger partial charge in [0.15, 0.2) is 12.1 Å². The Kier molecular flexibility index (Phi) is 7.66. The standard InChI is InChI=1S/C27H28N6O4/c1-35-24-14-19(6-7-20(24)18-34)8-11-37-27-30-25(15-26(31-27)33-9-12-36-13-10-33)32-29-17-21-16-28-23-5-3-2-4-22(21)23/h2-7,14-16,18,28H,8-13,17H2,1H3. The first-order valence-electron chi connectivity index (χ1n) is 12.1. The van der Waals surface area contributed by atoms with Crippen LogP contribution in [0.5, 0.6) is 11.8 Å². The maximum absolute atomic E-state index is 11.1. The highest BCUT2D eigenvalue weighted by Gasteiger charge is 2.16. The number of rotatable bonds is 10. The van der Waals surface area contributed by atoms with Crippen LogP contribution in [0.25, 0.3) is 10.9 Å². The molecule has 0 radical (unpaired) electrons. The van der Waals surface area contributed by atoms with Gasteiger partial charge in [-0.1, -0.05) is 24.3 Å². The van der Waals surface area contributed by atoms with Gasteiger partial charge in [-0.2, -0.15) is 15.1 Å². The second-order valence-corrected chi connectivity index (χ2v) is 8.52. The fraction of sp³-hybridized carbons (Fsp3) is 0.296. The molecule has 0 atom stereocenters. The number of carbonyl (C=O) groups is 1. The zero-order valence-electron chi connectivity index (χ0n) is 20.6. The molecular formula is C27H28N6O4. The van der Waals surface area contributed by atoms with E-state index in [1.54, 1.807) is 13.2 Å². The molecule has 3 heterocycles. The molecule has 0 unspecified atom stereocenters. The summed E-state index contributed by atoms with van der Waals surface area (Å²) in [5, 5.41) is 9.91. The number of benzene rings is 2. The zero-order chi connectivity index (χ0) is 25.5. The van der Waals surface area contributed by atoms with E-state index < -0.39 is 0 Å². The molecule has 37 heavy (non-hydrogen) atoms. The van der Waals surface area contributed by atoms with E-state index in [9.17, 15) is 4.79 Å². The molecule has 0 spiro atoms. The average molecular weight is 501 g/mol. The highest BCUT2D eigenvalue weighted by Crippen LogP contribution is 2.24. The Bertz CT molecular complexity index is 1400. The van der Waals surface area contributed by atoms with Crippen LogP contribution in [0, 0.1) is 0 Å². The van der Waals surface area contributed by atoms with E-state index in [-0.39, 0.29) is 6.01 Å². The van der Waals surface area contributed by atoms with E-state index in [0.29, 0.717) is 49.9 Å². The molecule has 0 aliphatic carbocycles. The molecule has 2 aromatic carbocycles. The Morgan fingerprint density at radius 1 is 1.14 bits per heavy atom. The molecular weight excluding hydrogens is 472 g/mol. The number of hydrogen-bond acceptors (Lipinski definition) is 9. The number of azo groups is 1. The van der Waals surface area contributed by atoms with E-state index in [1.165, 1.54) is 0 Å². The van der Waals surface area contributed by atoms with Crippen molar-refractivity contribution < 1.29 is 19.0 Å². The first-order chi connectivity index (χ1) is 18.2. The second-order valence-electron chi connectivity index (χ2n) is 8.52. The second kappa shape index (κ2) is 11.6. The van der Waals surface area contributed by atoms with Crippen LogP contribution in [-0.4, -0.2) is 61.3 Å². The monoisotopic (exact) mass is 500 g/mol. The summed E-state index contributed by atoms with van der Waals surface area (Å²) in [5.74, 6) is 1.70. The van der Waals surface area contributed by atoms with Crippen LogP contribution >= 0.6 is 0 Å². The maximum Gasteiger partial charge on any atom is 0.320 e. The summed E-state index contributed by atoms with van der Waals surface area (Å²) in [6.45, 7) is 3.50.